The number of imidazole rings is 1. The molecule has 2 aromatic carbocycles. The van der Waals surface area contributed by atoms with Crippen molar-refractivity contribution in [3.63, 3.8) is 0 Å². The Kier molecular flexibility index (Phi) is 2.82. The van der Waals surface area contributed by atoms with Crippen molar-refractivity contribution >= 4 is 32.7 Å². The van der Waals surface area contributed by atoms with E-state index < -0.39 is 0 Å². The summed E-state index contributed by atoms with van der Waals surface area (Å²) in [4.78, 5) is 4.69. The zero-order chi connectivity index (χ0) is 13.6. The van der Waals surface area contributed by atoms with Gasteiger partial charge in [0, 0.05) is 22.8 Å². The molecule has 0 amide bonds. The molecule has 1 aromatic heterocycles. The molecule has 0 fully saturated rings. The number of hydrogen-bond acceptors (Lipinski definition) is 2. The Labute approximate surface area is 120 Å². The Morgan fingerprint density at radius 1 is 1.16 bits per heavy atom. The molecule has 0 saturated carbocycles. The summed E-state index contributed by atoms with van der Waals surface area (Å²) in [6.45, 7) is 2.01. The van der Waals surface area contributed by atoms with Gasteiger partial charge in [0.2, 0.25) is 0 Å². The lowest BCUT2D eigenvalue weighted by Gasteiger charge is -2.05. The molecule has 0 aliphatic carbocycles. The number of nitrogens with two attached hydrogens (primary N) is 1. The number of rotatable bonds is 1. The molecular weight excluding hydrogens is 302 g/mol. The van der Waals surface area contributed by atoms with Gasteiger partial charge in [-0.1, -0.05) is 28.1 Å². The Morgan fingerprint density at radius 3 is 2.68 bits per heavy atom. The van der Waals surface area contributed by atoms with Crippen molar-refractivity contribution in [1.29, 1.82) is 0 Å². The van der Waals surface area contributed by atoms with Crippen LogP contribution in [0.3, 0.4) is 0 Å². The van der Waals surface area contributed by atoms with Crippen LogP contribution in [0.25, 0.3) is 22.4 Å². The fourth-order valence-electron chi connectivity index (χ4n) is 2.21. The minimum atomic E-state index is 0.797. The Morgan fingerprint density at radius 2 is 1.95 bits per heavy atom. The topological polar surface area (TPSA) is 43.8 Å². The van der Waals surface area contributed by atoms with Crippen LogP contribution in [0, 0.1) is 6.92 Å². The summed E-state index contributed by atoms with van der Waals surface area (Å²) in [5, 5.41) is 0. The van der Waals surface area contributed by atoms with E-state index in [2.05, 4.69) is 32.6 Å². The van der Waals surface area contributed by atoms with E-state index in [-0.39, 0.29) is 0 Å². The lowest BCUT2D eigenvalue weighted by molar-refractivity contribution is 0.959. The van der Waals surface area contributed by atoms with Gasteiger partial charge < -0.3 is 10.3 Å². The lowest BCUT2D eigenvalue weighted by atomic mass is 10.1. The molecule has 0 aliphatic heterocycles. The number of benzene rings is 2. The van der Waals surface area contributed by atoms with Gasteiger partial charge in [0.15, 0.2) is 0 Å². The standard InChI is InChI=1S/C15H14BrN3/c1-9-3-4-10(7-12(9)17)15-18-13-8-11(16)5-6-14(13)19(15)2/h3-8H,17H2,1-2H3. The van der Waals surface area contributed by atoms with Crippen LogP contribution in [-0.2, 0) is 7.05 Å². The van der Waals surface area contributed by atoms with E-state index in [9.17, 15) is 0 Å². The van der Waals surface area contributed by atoms with E-state index in [1.165, 1.54) is 0 Å². The summed E-state index contributed by atoms with van der Waals surface area (Å²) in [6.07, 6.45) is 0. The van der Waals surface area contributed by atoms with Crippen molar-refractivity contribution in [1.82, 2.24) is 9.55 Å². The van der Waals surface area contributed by atoms with E-state index in [0.29, 0.717) is 0 Å². The van der Waals surface area contributed by atoms with Crippen molar-refractivity contribution in [3.05, 3.63) is 46.4 Å². The largest absolute Gasteiger partial charge is 0.398 e. The fraction of sp³-hybridized carbons (Fsp3) is 0.133. The van der Waals surface area contributed by atoms with E-state index in [1.807, 2.05) is 38.2 Å². The molecule has 0 radical (unpaired) electrons. The van der Waals surface area contributed by atoms with E-state index in [1.54, 1.807) is 0 Å². The van der Waals surface area contributed by atoms with Crippen LogP contribution in [0.4, 0.5) is 5.69 Å². The van der Waals surface area contributed by atoms with Gasteiger partial charge >= 0.3 is 0 Å². The van der Waals surface area contributed by atoms with Gasteiger partial charge in [-0.2, -0.15) is 0 Å². The third-order valence-corrected chi connectivity index (χ3v) is 3.87. The van der Waals surface area contributed by atoms with Crippen molar-refractivity contribution in [2.24, 2.45) is 7.05 Å². The minimum absolute atomic E-state index is 0.797. The van der Waals surface area contributed by atoms with E-state index in [0.717, 1.165) is 38.1 Å². The quantitative estimate of drug-likeness (QED) is 0.692. The second-order valence-corrected chi connectivity index (χ2v) is 5.61. The highest BCUT2D eigenvalue weighted by molar-refractivity contribution is 9.10. The Bertz CT molecular complexity index is 774. The van der Waals surface area contributed by atoms with Crippen LogP contribution < -0.4 is 5.73 Å². The smallest absolute Gasteiger partial charge is 0.140 e. The normalized spacial score (nSPS) is 11.1. The SMILES string of the molecule is Cc1ccc(-c2nc3cc(Br)ccc3n2C)cc1N. The van der Waals surface area contributed by atoms with Crippen molar-refractivity contribution < 1.29 is 0 Å². The summed E-state index contributed by atoms with van der Waals surface area (Å²) in [5.41, 5.74) is 11.0. The molecule has 1 heterocycles. The molecule has 0 aliphatic rings. The van der Waals surface area contributed by atoms with Gasteiger partial charge in [0.05, 0.1) is 11.0 Å². The summed E-state index contributed by atoms with van der Waals surface area (Å²) in [5.74, 6) is 0.930. The highest BCUT2D eigenvalue weighted by Gasteiger charge is 2.10. The number of nitrogens with zero attached hydrogens (tertiary/aromatic N) is 2. The average Bonchev–Trinajstić information content (AvgIpc) is 2.70. The fourth-order valence-corrected chi connectivity index (χ4v) is 2.56. The molecule has 0 bridgehead atoms. The number of anilines is 1. The highest BCUT2D eigenvalue weighted by Crippen LogP contribution is 2.27. The van der Waals surface area contributed by atoms with Crippen molar-refractivity contribution in [3.8, 4) is 11.4 Å². The van der Waals surface area contributed by atoms with Gasteiger partial charge in [-0.05, 0) is 36.8 Å². The average molecular weight is 316 g/mol. The molecule has 3 nitrogen and oxygen atoms in total. The Hall–Kier alpha value is -1.81. The zero-order valence-corrected chi connectivity index (χ0v) is 12.4. The summed E-state index contributed by atoms with van der Waals surface area (Å²) in [6, 6.07) is 12.2. The molecule has 19 heavy (non-hydrogen) atoms. The Balaban J connectivity index is 2.24. The maximum absolute atomic E-state index is 5.98. The monoisotopic (exact) mass is 315 g/mol. The summed E-state index contributed by atoms with van der Waals surface area (Å²) >= 11 is 3.47. The molecular formula is C15H14BrN3. The summed E-state index contributed by atoms with van der Waals surface area (Å²) in [7, 11) is 2.02. The van der Waals surface area contributed by atoms with E-state index >= 15 is 0 Å². The predicted molar refractivity (Wildman–Crippen MR) is 83.0 cm³/mol. The molecule has 2 N–H and O–H groups in total. The van der Waals surface area contributed by atoms with Crippen molar-refractivity contribution in [2.45, 2.75) is 6.92 Å². The van der Waals surface area contributed by atoms with Gasteiger partial charge in [-0.3, -0.25) is 0 Å². The maximum Gasteiger partial charge on any atom is 0.140 e. The van der Waals surface area contributed by atoms with Gasteiger partial charge in [-0.25, -0.2) is 4.98 Å². The number of aromatic nitrogens is 2. The second kappa shape index (κ2) is 4.38. The molecule has 0 spiro atoms. The first-order chi connectivity index (χ1) is 9.06. The first-order valence-electron chi connectivity index (χ1n) is 6.05. The minimum Gasteiger partial charge on any atom is -0.398 e. The first kappa shape index (κ1) is 12.2. The molecule has 4 heteroatoms. The van der Waals surface area contributed by atoms with Gasteiger partial charge in [-0.15, -0.1) is 0 Å². The van der Waals surface area contributed by atoms with Crippen molar-refractivity contribution in [2.75, 3.05) is 5.73 Å². The van der Waals surface area contributed by atoms with Gasteiger partial charge in [0.1, 0.15) is 5.82 Å². The van der Waals surface area contributed by atoms with Crippen LogP contribution in [-0.4, -0.2) is 9.55 Å². The van der Waals surface area contributed by atoms with Gasteiger partial charge in [0.25, 0.3) is 0 Å². The van der Waals surface area contributed by atoms with Crippen LogP contribution >= 0.6 is 15.9 Å². The molecule has 0 unspecified atom stereocenters. The second-order valence-electron chi connectivity index (χ2n) is 4.70. The maximum atomic E-state index is 5.98. The predicted octanol–water partition coefficient (Wildman–Crippen LogP) is 3.89. The molecule has 96 valence electrons. The number of fused-ring (bicyclic) bond motifs is 1. The highest BCUT2D eigenvalue weighted by atomic mass is 79.9. The first-order valence-corrected chi connectivity index (χ1v) is 6.84. The summed E-state index contributed by atoms with van der Waals surface area (Å²) < 4.78 is 3.12. The molecule has 0 saturated heterocycles. The van der Waals surface area contributed by atoms with Crippen LogP contribution in [0.1, 0.15) is 5.56 Å². The molecule has 3 aromatic rings. The third kappa shape index (κ3) is 2.02. The number of halogens is 1. The van der Waals surface area contributed by atoms with Crippen LogP contribution in [0.2, 0.25) is 0 Å². The van der Waals surface area contributed by atoms with Crippen LogP contribution in [0.5, 0.6) is 0 Å². The molecule has 3 rings (SSSR count). The lowest BCUT2D eigenvalue weighted by Crippen LogP contribution is -1.95. The van der Waals surface area contributed by atoms with E-state index in [4.69, 9.17) is 10.7 Å². The van der Waals surface area contributed by atoms with Crippen LogP contribution in [0.15, 0.2) is 40.9 Å². The number of hydrogen-bond donors (Lipinski definition) is 1. The zero-order valence-electron chi connectivity index (χ0n) is 10.8. The number of nitrogen functional groups attached to an aromatic ring is 1. The third-order valence-electron chi connectivity index (χ3n) is 3.38. The molecule has 0 atom stereocenters. The number of aryl methyl sites for hydroxylation is 2.